The molecule has 0 fully saturated rings. The summed E-state index contributed by atoms with van der Waals surface area (Å²) in [7, 11) is -4.22. The van der Waals surface area contributed by atoms with E-state index in [4.69, 9.17) is 4.55 Å². The fraction of sp³-hybridized carbons (Fsp3) is 0.333. The maximum absolute atomic E-state index is 10.3. The quantitative estimate of drug-likeness (QED) is 0.576. The molecule has 6 nitrogen and oxygen atoms in total. The third-order valence-electron chi connectivity index (χ3n) is 0.797. The largest absolute Gasteiger partial charge is 0.359 e. The summed E-state index contributed by atoms with van der Waals surface area (Å²) in [6.07, 6.45) is 1.79. The Hall–Kier alpha value is -0.380. The van der Waals surface area contributed by atoms with Gasteiger partial charge in [-0.05, 0) is 6.26 Å². The van der Waals surface area contributed by atoms with Crippen molar-refractivity contribution >= 4 is 38.5 Å². The van der Waals surface area contributed by atoms with Crippen LogP contribution in [-0.4, -0.2) is 29.4 Å². The van der Waals surface area contributed by atoms with E-state index in [0.29, 0.717) is 4.34 Å². The molecule has 0 aliphatic rings. The summed E-state index contributed by atoms with van der Waals surface area (Å²) >= 11 is 2.39. The molecule has 1 aromatic rings. The zero-order valence-corrected chi connectivity index (χ0v) is 8.33. The van der Waals surface area contributed by atoms with Gasteiger partial charge in [0.1, 0.15) is 0 Å². The van der Waals surface area contributed by atoms with Crippen molar-refractivity contribution in [3.63, 3.8) is 0 Å². The minimum atomic E-state index is -4.22. The second-order valence-electron chi connectivity index (χ2n) is 1.65. The Morgan fingerprint density at radius 2 is 2.25 bits per heavy atom. The lowest BCUT2D eigenvalue weighted by Gasteiger charge is -1.92. The third kappa shape index (κ3) is 2.93. The molecule has 0 spiro atoms. The second kappa shape index (κ2) is 3.56. The van der Waals surface area contributed by atoms with Crippen LogP contribution in [0.4, 0.5) is 5.13 Å². The number of nitrogens with one attached hydrogen (secondary N) is 1. The van der Waals surface area contributed by atoms with Crippen molar-refractivity contribution in [1.82, 2.24) is 10.2 Å². The predicted molar refractivity (Wildman–Crippen MR) is 46.9 cm³/mol. The smallest absolute Gasteiger partial charge is 0.269 e. The summed E-state index contributed by atoms with van der Waals surface area (Å²) in [6, 6.07) is 0. The Bertz CT molecular complexity index is 358. The fourth-order valence-corrected chi connectivity index (χ4v) is 2.21. The highest BCUT2D eigenvalue weighted by Gasteiger charge is 2.08. The molecule has 0 saturated heterocycles. The average Bonchev–Trinajstić information content (AvgIpc) is 2.32. The number of anilines is 1. The summed E-state index contributed by atoms with van der Waals surface area (Å²) in [5.74, 6) is 0. The molecule has 68 valence electrons. The molecule has 0 bridgehead atoms. The van der Waals surface area contributed by atoms with Crippen LogP contribution in [0, 0.1) is 0 Å². The Labute approximate surface area is 77.3 Å². The van der Waals surface area contributed by atoms with Crippen LogP contribution in [0.5, 0.6) is 0 Å². The van der Waals surface area contributed by atoms with E-state index in [1.807, 2.05) is 0 Å². The zero-order valence-electron chi connectivity index (χ0n) is 5.88. The van der Waals surface area contributed by atoms with E-state index in [-0.39, 0.29) is 5.13 Å². The summed E-state index contributed by atoms with van der Waals surface area (Å²) < 4.78 is 31.3. The van der Waals surface area contributed by atoms with Gasteiger partial charge in [0.25, 0.3) is 0 Å². The molecule has 0 atom stereocenters. The molecule has 0 unspecified atom stereocenters. The molecular formula is C3H5N3O3S3. The molecule has 0 aliphatic heterocycles. The summed E-state index contributed by atoms with van der Waals surface area (Å²) in [6.45, 7) is 0. The maximum atomic E-state index is 10.3. The first-order chi connectivity index (χ1) is 5.51. The Morgan fingerprint density at radius 3 is 2.67 bits per heavy atom. The molecule has 1 aromatic heterocycles. The summed E-state index contributed by atoms with van der Waals surface area (Å²) in [5, 5.41) is 7.14. The number of hydrogen-bond acceptors (Lipinski definition) is 6. The van der Waals surface area contributed by atoms with Crippen LogP contribution >= 0.6 is 23.1 Å². The normalized spacial score (nSPS) is 11.5. The first-order valence-corrected chi connectivity index (χ1v) is 6.12. The van der Waals surface area contributed by atoms with Gasteiger partial charge >= 0.3 is 10.3 Å². The van der Waals surface area contributed by atoms with Crippen LogP contribution in [0.1, 0.15) is 0 Å². The first-order valence-electron chi connectivity index (χ1n) is 2.64. The van der Waals surface area contributed by atoms with E-state index < -0.39 is 10.3 Å². The van der Waals surface area contributed by atoms with Crippen molar-refractivity contribution in [2.45, 2.75) is 4.34 Å². The van der Waals surface area contributed by atoms with E-state index >= 15 is 0 Å². The third-order valence-corrected chi connectivity index (χ3v) is 3.19. The second-order valence-corrected chi connectivity index (χ2v) is 4.84. The van der Waals surface area contributed by atoms with Crippen molar-refractivity contribution in [2.24, 2.45) is 0 Å². The van der Waals surface area contributed by atoms with Crippen molar-refractivity contribution in [1.29, 1.82) is 0 Å². The van der Waals surface area contributed by atoms with Crippen LogP contribution in [0.15, 0.2) is 4.34 Å². The van der Waals surface area contributed by atoms with Crippen molar-refractivity contribution in [3.05, 3.63) is 0 Å². The number of rotatable bonds is 3. The molecule has 0 amide bonds. The van der Waals surface area contributed by atoms with Crippen LogP contribution in [-0.2, 0) is 10.3 Å². The van der Waals surface area contributed by atoms with Crippen LogP contribution in [0.3, 0.4) is 0 Å². The summed E-state index contributed by atoms with van der Waals surface area (Å²) in [4.78, 5) is 0. The lowest BCUT2D eigenvalue weighted by atomic mass is 11.3. The number of aromatic nitrogens is 2. The fourth-order valence-electron chi connectivity index (χ4n) is 0.444. The topological polar surface area (TPSA) is 92.2 Å². The molecule has 1 rings (SSSR count). The molecule has 1 heterocycles. The number of nitrogens with zero attached hydrogens (tertiary/aromatic N) is 2. The SMILES string of the molecule is CSc1nnc(NS(=O)(=O)O)s1. The molecule has 0 aromatic carbocycles. The van der Waals surface area contributed by atoms with Gasteiger partial charge in [-0.15, -0.1) is 10.2 Å². The lowest BCUT2D eigenvalue weighted by Crippen LogP contribution is -2.09. The molecule has 2 N–H and O–H groups in total. The van der Waals surface area contributed by atoms with Crippen molar-refractivity contribution in [2.75, 3.05) is 11.0 Å². The first kappa shape index (κ1) is 9.71. The maximum Gasteiger partial charge on any atom is 0.359 e. The van der Waals surface area contributed by atoms with Crippen molar-refractivity contribution < 1.29 is 13.0 Å². The molecular weight excluding hydrogens is 222 g/mol. The zero-order chi connectivity index (χ0) is 9.19. The van der Waals surface area contributed by atoms with E-state index in [0.717, 1.165) is 11.3 Å². The van der Waals surface area contributed by atoms with Gasteiger partial charge in [-0.25, -0.2) is 4.72 Å². The van der Waals surface area contributed by atoms with Crippen LogP contribution < -0.4 is 4.72 Å². The molecule has 0 aliphatic carbocycles. The van der Waals surface area contributed by atoms with Gasteiger partial charge in [0.05, 0.1) is 0 Å². The van der Waals surface area contributed by atoms with Gasteiger partial charge in [0.2, 0.25) is 5.13 Å². The summed E-state index contributed by atoms with van der Waals surface area (Å²) in [5.41, 5.74) is 0. The molecule has 12 heavy (non-hydrogen) atoms. The van der Waals surface area contributed by atoms with Gasteiger partial charge < -0.3 is 0 Å². The van der Waals surface area contributed by atoms with Gasteiger partial charge in [-0.2, -0.15) is 8.42 Å². The van der Waals surface area contributed by atoms with E-state index in [1.165, 1.54) is 11.8 Å². The van der Waals surface area contributed by atoms with E-state index in [2.05, 4.69) is 10.2 Å². The molecule has 0 saturated carbocycles. The highest BCUT2D eigenvalue weighted by atomic mass is 32.2. The minimum absolute atomic E-state index is 0.0573. The number of hydrogen-bond donors (Lipinski definition) is 2. The lowest BCUT2D eigenvalue weighted by molar-refractivity contribution is 0.489. The highest BCUT2D eigenvalue weighted by Crippen LogP contribution is 2.23. The van der Waals surface area contributed by atoms with E-state index in [1.54, 1.807) is 11.0 Å². The minimum Gasteiger partial charge on any atom is -0.269 e. The molecule has 9 heteroatoms. The van der Waals surface area contributed by atoms with Gasteiger partial charge in [0.15, 0.2) is 4.34 Å². The Balaban J connectivity index is 2.78. The monoisotopic (exact) mass is 227 g/mol. The van der Waals surface area contributed by atoms with Gasteiger partial charge in [0, 0.05) is 0 Å². The van der Waals surface area contributed by atoms with Crippen LogP contribution in [0.2, 0.25) is 0 Å². The Kier molecular flexibility index (Phi) is 2.88. The molecule has 0 radical (unpaired) electrons. The average molecular weight is 227 g/mol. The van der Waals surface area contributed by atoms with E-state index in [9.17, 15) is 8.42 Å². The number of thioether (sulfide) groups is 1. The van der Waals surface area contributed by atoms with Gasteiger partial charge in [-0.3, -0.25) is 4.55 Å². The van der Waals surface area contributed by atoms with Crippen molar-refractivity contribution in [3.8, 4) is 0 Å². The Morgan fingerprint density at radius 1 is 1.58 bits per heavy atom. The standard InChI is InChI=1S/C3H5N3O3S3/c1-10-3-5-4-2(11-3)6-12(7,8)9/h1H3,(H,4,6)(H,7,8,9). The van der Waals surface area contributed by atoms with Gasteiger partial charge in [-0.1, -0.05) is 23.1 Å². The highest BCUT2D eigenvalue weighted by molar-refractivity contribution is 8.00. The predicted octanol–water partition coefficient (Wildman–Crippen LogP) is 0.475. The van der Waals surface area contributed by atoms with Crippen LogP contribution in [0.25, 0.3) is 0 Å².